The summed E-state index contributed by atoms with van der Waals surface area (Å²) in [5, 5.41) is 0.139. The zero-order valence-corrected chi connectivity index (χ0v) is 20.1. The van der Waals surface area contributed by atoms with E-state index in [9.17, 15) is 4.79 Å². The van der Waals surface area contributed by atoms with Crippen molar-refractivity contribution in [3.63, 3.8) is 0 Å². The second kappa shape index (κ2) is 9.81. The minimum Gasteiger partial charge on any atom is -0.382 e. The average molecular weight is 496 g/mol. The number of hydrogen-bond acceptors (Lipinski definition) is 9. The molecule has 3 heterocycles. The predicted molar refractivity (Wildman–Crippen MR) is 120 cm³/mol. The molecule has 1 saturated heterocycles. The first-order chi connectivity index (χ1) is 14.1. The number of ether oxygens (including phenoxy) is 1. The Kier molecular flexibility index (Phi) is 7.82. The third kappa shape index (κ3) is 5.73. The lowest BCUT2D eigenvalue weighted by Crippen LogP contribution is -2.23. The molecule has 2 aromatic rings. The number of aromatic nitrogens is 4. The lowest BCUT2D eigenvalue weighted by atomic mass is 10.00. The number of fused-ring (bicyclic) bond motifs is 1. The molecule has 166 valence electrons. The molecule has 0 spiro atoms. The fourth-order valence-corrected chi connectivity index (χ4v) is 4.86. The molecule has 0 saturated carbocycles. The van der Waals surface area contributed by atoms with Crippen LogP contribution < -0.4 is 5.73 Å². The number of carbonyl (C=O) groups is 1. The van der Waals surface area contributed by atoms with Gasteiger partial charge in [0.1, 0.15) is 11.8 Å². The third-order valence-electron chi connectivity index (χ3n) is 4.24. The van der Waals surface area contributed by atoms with E-state index in [1.165, 1.54) is 24.4 Å². The molecule has 1 fully saturated rings. The van der Waals surface area contributed by atoms with Crippen molar-refractivity contribution in [3.05, 3.63) is 12.7 Å². The van der Waals surface area contributed by atoms with Gasteiger partial charge in [-0.2, -0.15) is 0 Å². The largest absolute Gasteiger partial charge is 0.382 e. The minimum absolute atomic E-state index is 0.139. The van der Waals surface area contributed by atoms with Crippen molar-refractivity contribution in [1.82, 2.24) is 19.5 Å². The lowest BCUT2D eigenvalue weighted by Gasteiger charge is -2.21. The molecule has 2 N–H and O–H groups in total. The topological polar surface area (TPSA) is 114 Å². The molecule has 3 atom stereocenters. The fraction of sp³-hybridized carbons (Fsp3) is 0.647. The van der Waals surface area contributed by atoms with Gasteiger partial charge in [-0.1, -0.05) is 55.7 Å². The standard InChI is InChI=1S/C17H24Cl2N5O4PS/c1-16(2,3)15(25)30-5-4-26-29-27-7-10-6-17(18,19)14(28-10)24-9-23-11-12(20)21-8-22-13(11)24/h8-10,14,29H,4-7H2,1-3H3,(H2,20,21,22). The van der Waals surface area contributed by atoms with E-state index in [-0.39, 0.29) is 38.1 Å². The molecule has 0 bridgehead atoms. The Labute approximate surface area is 190 Å². The second-order valence-corrected chi connectivity index (χ2v) is 11.1. The van der Waals surface area contributed by atoms with Crippen LogP contribution in [0.25, 0.3) is 11.2 Å². The highest BCUT2D eigenvalue weighted by molar-refractivity contribution is 8.13. The summed E-state index contributed by atoms with van der Waals surface area (Å²) < 4.78 is 17.5. The molecule has 0 aliphatic carbocycles. The summed E-state index contributed by atoms with van der Waals surface area (Å²) in [4.78, 5) is 24.2. The van der Waals surface area contributed by atoms with Crippen LogP contribution in [0.5, 0.6) is 0 Å². The Morgan fingerprint density at radius 3 is 2.90 bits per heavy atom. The molecule has 1 aliphatic rings. The van der Waals surface area contributed by atoms with E-state index in [1.807, 2.05) is 20.8 Å². The second-order valence-electron chi connectivity index (χ2n) is 7.79. The Hall–Kier alpha value is -0.740. The van der Waals surface area contributed by atoms with E-state index in [4.69, 9.17) is 42.7 Å². The highest BCUT2D eigenvalue weighted by Crippen LogP contribution is 2.47. The van der Waals surface area contributed by atoms with Crippen LogP contribution in [0.4, 0.5) is 5.82 Å². The average Bonchev–Trinajstić information content (AvgIpc) is 3.20. The molecular formula is C17H24Cl2N5O4PS. The molecular weight excluding hydrogens is 472 g/mol. The first-order valence-corrected chi connectivity index (χ1v) is 11.8. The van der Waals surface area contributed by atoms with Crippen LogP contribution >= 0.6 is 44.0 Å². The van der Waals surface area contributed by atoms with Gasteiger partial charge in [0, 0.05) is 17.6 Å². The van der Waals surface area contributed by atoms with Crippen LogP contribution in [0.1, 0.15) is 33.4 Å². The Morgan fingerprint density at radius 2 is 2.17 bits per heavy atom. The molecule has 13 heteroatoms. The molecule has 0 amide bonds. The Bertz CT molecular complexity index is 895. The maximum atomic E-state index is 11.8. The normalized spacial score (nSPS) is 21.8. The summed E-state index contributed by atoms with van der Waals surface area (Å²) >= 11 is 14.3. The molecule has 3 rings (SSSR count). The van der Waals surface area contributed by atoms with Crippen LogP contribution in [0.15, 0.2) is 12.7 Å². The Balaban J connectivity index is 1.45. The van der Waals surface area contributed by atoms with Gasteiger partial charge in [-0.25, -0.2) is 15.0 Å². The van der Waals surface area contributed by atoms with Crippen LogP contribution in [0.2, 0.25) is 0 Å². The number of nitrogens with zero attached hydrogens (tertiary/aromatic N) is 4. The fourth-order valence-electron chi connectivity index (χ4n) is 2.75. The highest BCUT2D eigenvalue weighted by Gasteiger charge is 2.48. The summed E-state index contributed by atoms with van der Waals surface area (Å²) in [5.74, 6) is 0.853. The number of thioether (sulfide) groups is 1. The summed E-state index contributed by atoms with van der Waals surface area (Å²) in [5.41, 5.74) is 6.43. The van der Waals surface area contributed by atoms with E-state index in [2.05, 4.69) is 15.0 Å². The van der Waals surface area contributed by atoms with Crippen molar-refractivity contribution >= 4 is 66.1 Å². The van der Waals surface area contributed by atoms with Crippen molar-refractivity contribution < 1.29 is 18.6 Å². The summed E-state index contributed by atoms with van der Waals surface area (Å²) in [7, 11) is -0.169. The van der Waals surface area contributed by atoms with Crippen LogP contribution in [-0.4, -0.2) is 54.0 Å². The number of nitrogen functional groups attached to an aromatic ring is 1. The molecule has 9 nitrogen and oxygen atoms in total. The van der Waals surface area contributed by atoms with Crippen LogP contribution in [0.3, 0.4) is 0 Å². The molecule has 1 aliphatic heterocycles. The molecule has 2 aromatic heterocycles. The van der Waals surface area contributed by atoms with Crippen molar-refractivity contribution in [2.75, 3.05) is 24.7 Å². The number of alkyl halides is 2. The predicted octanol–water partition coefficient (Wildman–Crippen LogP) is 3.72. The van der Waals surface area contributed by atoms with E-state index >= 15 is 0 Å². The number of rotatable bonds is 8. The number of imidazole rings is 1. The zero-order chi connectivity index (χ0) is 21.9. The first-order valence-electron chi connectivity index (χ1n) is 9.21. The zero-order valence-electron chi connectivity index (χ0n) is 16.8. The SMILES string of the molecule is CC(C)(C)C(=O)SCCOPOCC1CC(Cl)(Cl)C(n2cnc3c(N)ncnc32)O1. The lowest BCUT2D eigenvalue weighted by molar-refractivity contribution is -0.117. The van der Waals surface area contributed by atoms with Gasteiger partial charge in [0.15, 0.2) is 36.2 Å². The molecule has 3 unspecified atom stereocenters. The van der Waals surface area contributed by atoms with Crippen LogP contribution in [0, 0.1) is 5.41 Å². The Morgan fingerprint density at radius 1 is 1.40 bits per heavy atom. The summed E-state index contributed by atoms with van der Waals surface area (Å²) in [6.07, 6.45) is 2.22. The first kappa shape index (κ1) is 23.9. The van der Waals surface area contributed by atoms with Crippen molar-refractivity contribution in [3.8, 4) is 0 Å². The van der Waals surface area contributed by atoms with Gasteiger partial charge >= 0.3 is 0 Å². The minimum atomic E-state index is -1.19. The van der Waals surface area contributed by atoms with Crippen molar-refractivity contribution in [1.29, 1.82) is 0 Å². The van der Waals surface area contributed by atoms with E-state index in [1.54, 1.807) is 4.57 Å². The van der Waals surface area contributed by atoms with Gasteiger partial charge in [0.2, 0.25) is 0 Å². The molecule has 30 heavy (non-hydrogen) atoms. The molecule has 0 radical (unpaired) electrons. The van der Waals surface area contributed by atoms with Gasteiger partial charge in [-0.15, -0.1) is 0 Å². The van der Waals surface area contributed by atoms with Crippen LogP contribution in [-0.2, 0) is 18.6 Å². The number of halogens is 2. The third-order valence-corrected chi connectivity index (χ3v) is 6.77. The highest BCUT2D eigenvalue weighted by atomic mass is 35.5. The van der Waals surface area contributed by atoms with Gasteiger partial charge in [-0.3, -0.25) is 9.36 Å². The number of nitrogens with two attached hydrogens (primary N) is 1. The smallest absolute Gasteiger partial charge is 0.194 e. The maximum absolute atomic E-state index is 11.8. The van der Waals surface area contributed by atoms with Crippen molar-refractivity contribution in [2.45, 2.75) is 43.9 Å². The number of hydrogen-bond donors (Lipinski definition) is 1. The number of carbonyl (C=O) groups excluding carboxylic acids is 1. The summed E-state index contributed by atoms with van der Waals surface area (Å²) in [6.45, 7) is 6.38. The monoisotopic (exact) mass is 495 g/mol. The van der Waals surface area contributed by atoms with E-state index < -0.39 is 10.6 Å². The van der Waals surface area contributed by atoms with Gasteiger partial charge in [-0.05, 0) is 0 Å². The molecule has 0 aromatic carbocycles. The van der Waals surface area contributed by atoms with E-state index in [0.29, 0.717) is 29.9 Å². The quantitative estimate of drug-likeness (QED) is 0.332. The number of anilines is 1. The van der Waals surface area contributed by atoms with Gasteiger partial charge in [0.05, 0.1) is 25.6 Å². The van der Waals surface area contributed by atoms with E-state index in [0.717, 1.165) is 0 Å². The van der Waals surface area contributed by atoms with Gasteiger partial charge in [0.25, 0.3) is 0 Å². The summed E-state index contributed by atoms with van der Waals surface area (Å²) in [6, 6.07) is 0. The van der Waals surface area contributed by atoms with Crippen molar-refractivity contribution in [2.24, 2.45) is 5.41 Å². The maximum Gasteiger partial charge on any atom is 0.194 e. The van der Waals surface area contributed by atoms with Gasteiger partial charge < -0.3 is 19.5 Å².